The van der Waals surface area contributed by atoms with E-state index in [1.165, 1.54) is 6.39 Å². The molecule has 0 aliphatic carbocycles. The maximum atomic E-state index is 13.0. The van der Waals surface area contributed by atoms with Gasteiger partial charge in [0.25, 0.3) is 5.91 Å². The minimum Gasteiger partial charge on any atom is -0.438 e. The molecule has 0 radical (unpaired) electrons. The maximum absolute atomic E-state index is 13.0. The molecule has 30 heavy (non-hydrogen) atoms. The van der Waals surface area contributed by atoms with Gasteiger partial charge in [-0.3, -0.25) is 9.59 Å². The third kappa shape index (κ3) is 3.85. The number of anilines is 1. The summed E-state index contributed by atoms with van der Waals surface area (Å²) in [5.41, 5.74) is 4.13. The van der Waals surface area contributed by atoms with Gasteiger partial charge < -0.3 is 14.6 Å². The molecule has 0 unspecified atom stereocenters. The lowest BCUT2D eigenvalue weighted by Gasteiger charge is -2.34. The minimum atomic E-state index is -0.536. The largest absolute Gasteiger partial charge is 0.438 e. The van der Waals surface area contributed by atoms with Crippen molar-refractivity contribution in [1.82, 2.24) is 19.7 Å². The fraction of sp³-hybridized carbons (Fsp3) is 0.364. The van der Waals surface area contributed by atoms with Crippen molar-refractivity contribution < 1.29 is 14.0 Å². The molecule has 0 bridgehead atoms. The van der Waals surface area contributed by atoms with Crippen LogP contribution in [0.25, 0.3) is 5.69 Å². The molecule has 0 spiro atoms. The van der Waals surface area contributed by atoms with Gasteiger partial charge in [-0.1, -0.05) is 0 Å². The number of carbonyl (C=O) groups is 2. The van der Waals surface area contributed by atoms with Crippen LogP contribution in [0.3, 0.4) is 0 Å². The van der Waals surface area contributed by atoms with Crippen molar-refractivity contribution in [3.8, 4) is 5.69 Å². The molecule has 8 nitrogen and oxygen atoms in total. The monoisotopic (exact) mass is 407 g/mol. The molecule has 156 valence electrons. The molecule has 8 heteroatoms. The molecule has 3 heterocycles. The summed E-state index contributed by atoms with van der Waals surface area (Å²) in [6.07, 6.45) is 3.63. The highest BCUT2D eigenvalue weighted by Gasteiger charge is 2.34. The summed E-state index contributed by atoms with van der Waals surface area (Å²) in [4.78, 5) is 31.5. The van der Waals surface area contributed by atoms with E-state index in [9.17, 15) is 9.59 Å². The Morgan fingerprint density at radius 2 is 1.90 bits per heavy atom. The molecule has 1 aliphatic rings. The van der Waals surface area contributed by atoms with E-state index in [-0.39, 0.29) is 17.6 Å². The van der Waals surface area contributed by atoms with Crippen LogP contribution < -0.4 is 5.32 Å². The van der Waals surface area contributed by atoms with Crippen LogP contribution in [0.5, 0.6) is 0 Å². The SMILES string of the molecule is Cc1cc(C)n(-c2ccc(NC(=O)[C@H]3CCCCN3C(=O)c3ocnc3C)cc2)n1. The zero-order valence-electron chi connectivity index (χ0n) is 17.4. The Bertz CT molecular complexity index is 1070. The molecule has 2 aromatic heterocycles. The number of piperidine rings is 1. The topological polar surface area (TPSA) is 93.3 Å². The van der Waals surface area contributed by atoms with Crippen molar-refractivity contribution in [1.29, 1.82) is 0 Å². The third-order valence-corrected chi connectivity index (χ3v) is 5.40. The molecule has 3 aromatic rings. The van der Waals surface area contributed by atoms with Crippen LogP contribution in [0.4, 0.5) is 5.69 Å². The van der Waals surface area contributed by atoms with Gasteiger partial charge in [0, 0.05) is 17.9 Å². The van der Waals surface area contributed by atoms with Gasteiger partial charge in [0.05, 0.1) is 17.1 Å². The number of benzene rings is 1. The first-order valence-corrected chi connectivity index (χ1v) is 10.1. The second-order valence-electron chi connectivity index (χ2n) is 7.65. The molecular formula is C22H25N5O3. The average molecular weight is 407 g/mol. The number of hydrogen-bond acceptors (Lipinski definition) is 5. The number of hydrogen-bond donors (Lipinski definition) is 1. The molecule has 1 fully saturated rings. The summed E-state index contributed by atoms with van der Waals surface area (Å²) >= 11 is 0. The summed E-state index contributed by atoms with van der Waals surface area (Å²) in [5, 5.41) is 7.42. The Balaban J connectivity index is 1.48. The smallest absolute Gasteiger partial charge is 0.292 e. The lowest BCUT2D eigenvalue weighted by Crippen LogP contribution is -2.50. The summed E-state index contributed by atoms with van der Waals surface area (Å²) in [6, 6.07) is 9.00. The number of rotatable bonds is 4. The predicted molar refractivity (Wildman–Crippen MR) is 112 cm³/mol. The van der Waals surface area contributed by atoms with Crippen LogP contribution in [-0.2, 0) is 4.79 Å². The number of aryl methyl sites for hydroxylation is 3. The Hall–Kier alpha value is -3.42. The number of oxazole rings is 1. The Kier molecular flexibility index (Phi) is 5.39. The highest BCUT2D eigenvalue weighted by atomic mass is 16.3. The second kappa shape index (κ2) is 8.14. The van der Waals surface area contributed by atoms with Gasteiger partial charge in [0.15, 0.2) is 6.39 Å². The molecule has 1 saturated heterocycles. The average Bonchev–Trinajstić information content (AvgIpc) is 3.32. The van der Waals surface area contributed by atoms with Gasteiger partial charge in [-0.2, -0.15) is 5.10 Å². The number of likely N-dealkylation sites (tertiary alicyclic amines) is 1. The lowest BCUT2D eigenvalue weighted by molar-refractivity contribution is -0.121. The Morgan fingerprint density at radius 3 is 2.53 bits per heavy atom. The molecule has 1 aliphatic heterocycles. The molecule has 2 amide bonds. The standard InChI is InChI=1S/C22H25N5O3/c1-14-12-15(2)27(25-14)18-9-7-17(8-10-18)24-21(28)19-6-4-5-11-26(19)22(29)20-16(3)23-13-30-20/h7-10,12-13,19H,4-6,11H2,1-3H3,(H,24,28)/t19-/m1/s1. The summed E-state index contributed by atoms with van der Waals surface area (Å²) in [7, 11) is 0. The van der Waals surface area contributed by atoms with Gasteiger partial charge in [-0.15, -0.1) is 0 Å². The fourth-order valence-electron chi connectivity index (χ4n) is 3.89. The second-order valence-corrected chi connectivity index (χ2v) is 7.65. The van der Waals surface area contributed by atoms with Gasteiger partial charge in [0.1, 0.15) is 6.04 Å². The van der Waals surface area contributed by atoms with E-state index in [0.717, 1.165) is 29.9 Å². The number of nitrogens with zero attached hydrogens (tertiary/aromatic N) is 4. The quantitative estimate of drug-likeness (QED) is 0.715. The first-order valence-electron chi connectivity index (χ1n) is 10.1. The predicted octanol–water partition coefficient (Wildman–Crippen LogP) is 3.42. The zero-order chi connectivity index (χ0) is 21.3. The number of aromatic nitrogens is 3. The first-order chi connectivity index (χ1) is 14.4. The van der Waals surface area contributed by atoms with Crippen molar-refractivity contribution >= 4 is 17.5 Å². The van der Waals surface area contributed by atoms with Crippen LogP contribution in [0, 0.1) is 20.8 Å². The Morgan fingerprint density at radius 1 is 1.13 bits per heavy atom. The number of nitrogens with one attached hydrogen (secondary N) is 1. The van der Waals surface area contributed by atoms with Gasteiger partial charge in [-0.25, -0.2) is 9.67 Å². The Labute approximate surface area is 174 Å². The van der Waals surface area contributed by atoms with E-state index in [0.29, 0.717) is 24.3 Å². The molecular weight excluding hydrogens is 382 g/mol. The maximum Gasteiger partial charge on any atom is 0.292 e. The van der Waals surface area contributed by atoms with Crippen LogP contribution in [0.15, 0.2) is 41.1 Å². The van der Waals surface area contributed by atoms with Gasteiger partial charge in [-0.05, 0) is 70.4 Å². The van der Waals surface area contributed by atoms with Crippen LogP contribution >= 0.6 is 0 Å². The zero-order valence-corrected chi connectivity index (χ0v) is 17.4. The van der Waals surface area contributed by atoms with E-state index in [1.54, 1.807) is 11.8 Å². The number of carbonyl (C=O) groups excluding carboxylic acids is 2. The van der Waals surface area contributed by atoms with E-state index in [1.807, 2.05) is 48.9 Å². The lowest BCUT2D eigenvalue weighted by atomic mass is 10.0. The van der Waals surface area contributed by atoms with E-state index >= 15 is 0 Å². The van der Waals surface area contributed by atoms with E-state index < -0.39 is 6.04 Å². The highest BCUT2D eigenvalue weighted by Crippen LogP contribution is 2.23. The van der Waals surface area contributed by atoms with Crippen molar-refractivity contribution in [3.05, 3.63) is 59.6 Å². The van der Waals surface area contributed by atoms with Crippen molar-refractivity contribution in [2.24, 2.45) is 0 Å². The van der Waals surface area contributed by atoms with Crippen LogP contribution in [-0.4, -0.2) is 44.1 Å². The summed E-state index contributed by atoms with van der Waals surface area (Å²) in [6.45, 7) is 6.20. The molecule has 1 N–H and O–H groups in total. The van der Waals surface area contributed by atoms with Crippen molar-refractivity contribution in [2.45, 2.75) is 46.1 Å². The minimum absolute atomic E-state index is 0.195. The molecule has 1 atom stereocenters. The summed E-state index contributed by atoms with van der Waals surface area (Å²) in [5.74, 6) is -0.284. The summed E-state index contributed by atoms with van der Waals surface area (Å²) < 4.78 is 7.11. The van der Waals surface area contributed by atoms with Crippen molar-refractivity contribution in [2.75, 3.05) is 11.9 Å². The van der Waals surface area contributed by atoms with Crippen LogP contribution in [0.2, 0.25) is 0 Å². The highest BCUT2D eigenvalue weighted by molar-refractivity contribution is 6.00. The van der Waals surface area contributed by atoms with Gasteiger partial charge in [0.2, 0.25) is 11.7 Å². The van der Waals surface area contributed by atoms with Crippen LogP contribution in [0.1, 0.15) is 46.9 Å². The molecule has 0 saturated carbocycles. The first kappa shape index (κ1) is 19.9. The van der Waals surface area contributed by atoms with E-state index in [2.05, 4.69) is 15.4 Å². The molecule has 4 rings (SSSR count). The normalized spacial score (nSPS) is 16.5. The van der Waals surface area contributed by atoms with Gasteiger partial charge >= 0.3 is 0 Å². The van der Waals surface area contributed by atoms with E-state index in [4.69, 9.17) is 4.42 Å². The number of amides is 2. The molecule has 1 aromatic carbocycles. The fourth-order valence-corrected chi connectivity index (χ4v) is 3.89. The third-order valence-electron chi connectivity index (χ3n) is 5.40. The van der Waals surface area contributed by atoms with Crippen molar-refractivity contribution in [3.63, 3.8) is 0 Å².